The van der Waals surface area contributed by atoms with Crippen LogP contribution in [-0.4, -0.2) is 199 Å². The van der Waals surface area contributed by atoms with Gasteiger partial charge in [-0.2, -0.15) is 0 Å². The Morgan fingerprint density at radius 1 is 0.476 bits per heavy atom. The highest BCUT2D eigenvalue weighted by Gasteiger charge is 2.48. The number of rotatable bonds is 24. The molecule has 5 aliphatic rings. The Labute approximate surface area is 603 Å². The quantitative estimate of drug-likeness (QED) is 0.0360. The Hall–Kier alpha value is -7.23. The van der Waals surface area contributed by atoms with Crippen molar-refractivity contribution in [3.8, 4) is 0 Å². The van der Waals surface area contributed by atoms with Gasteiger partial charge in [0.25, 0.3) is 0 Å². The van der Waals surface area contributed by atoms with Gasteiger partial charge in [0.2, 0.25) is 23.6 Å². The summed E-state index contributed by atoms with van der Waals surface area (Å²) in [6, 6.07) is 4.89. The minimum absolute atomic E-state index is 0.0534. The summed E-state index contributed by atoms with van der Waals surface area (Å²) < 4.78 is 99.0. The highest BCUT2D eigenvalue weighted by atomic mass is 19.2. The third-order valence-corrected chi connectivity index (χ3v) is 19.2. The van der Waals surface area contributed by atoms with Crippen LogP contribution in [0.4, 0.5) is 40.7 Å². The molecule has 7 amide bonds. The molecule has 3 aromatic carbocycles. The second kappa shape index (κ2) is 37.7. The first-order chi connectivity index (χ1) is 48.2. The topological polar surface area (TPSA) is 274 Å². The van der Waals surface area contributed by atoms with Gasteiger partial charge < -0.3 is 70.4 Å². The largest absolute Gasteiger partial charge is 0.444 e. The van der Waals surface area contributed by atoms with Crippen molar-refractivity contribution in [1.82, 2.24) is 35.1 Å². The number of aliphatic hydroxyl groups is 3. The zero-order valence-electron chi connectivity index (χ0n) is 62.3. The van der Waals surface area contributed by atoms with E-state index in [1.54, 1.807) is 72.1 Å². The molecule has 0 aromatic heterocycles. The molecule has 0 aliphatic carbocycles. The molecule has 27 heteroatoms. The molecule has 5 saturated heterocycles. The molecule has 5 fully saturated rings. The van der Waals surface area contributed by atoms with Gasteiger partial charge in [0.1, 0.15) is 51.7 Å². The zero-order chi connectivity index (χ0) is 76.6. The molecule has 0 spiro atoms. The summed E-state index contributed by atoms with van der Waals surface area (Å²) in [6.45, 7) is 26.6. The standard InChI is InChI=1S/2C29H43F2N3O5.C18H26F2N2O3/c2*1-6-8-11-33-17-22(21(7-2)27(33)37)26(36)32-23(15-18-13-19(30)16-20(31)14-18)25(35)24-10-9-12-34(24)28(38)39-29(3,4)5;1-18(2,3)25-17(24)22-6-4-5-15(22)16(23)14(21)9-11-7-12(19)10-13(20)8-11/h2*13-14,16,21-25,35H,6-12,15,17H2,1-5H3,(H,32,36);7-8,10,14-16,23H,4-6,9,21H2,1-3H3/t21-,22?,23-,24+,25-;21-,22+,23+,24-,25+;14-,15+,16-/m010/s1. The monoisotopic (exact) mass is 1460 g/mol. The number of hydrogen-bond acceptors (Lipinski definition) is 14. The molecule has 103 heavy (non-hydrogen) atoms. The van der Waals surface area contributed by atoms with Gasteiger partial charge in [0, 0.05) is 70.1 Å². The van der Waals surface area contributed by atoms with Crippen LogP contribution in [0.1, 0.15) is 184 Å². The number of halogens is 6. The predicted octanol–water partition coefficient (Wildman–Crippen LogP) is 10.7. The minimum atomic E-state index is -1.23. The van der Waals surface area contributed by atoms with E-state index in [1.165, 1.54) is 26.8 Å². The van der Waals surface area contributed by atoms with Crippen LogP contribution >= 0.6 is 0 Å². The Morgan fingerprint density at radius 2 is 0.757 bits per heavy atom. The zero-order valence-corrected chi connectivity index (χ0v) is 62.3. The number of nitrogens with one attached hydrogen (secondary N) is 2. The van der Waals surface area contributed by atoms with Crippen LogP contribution in [0.2, 0.25) is 0 Å². The number of hydrogen-bond donors (Lipinski definition) is 6. The fourth-order valence-corrected chi connectivity index (χ4v) is 14.4. The number of nitrogens with zero attached hydrogens (tertiary/aromatic N) is 5. The summed E-state index contributed by atoms with van der Waals surface area (Å²) in [5.74, 6) is -7.49. The Balaban J connectivity index is 0.000000249. The van der Waals surface area contributed by atoms with Gasteiger partial charge in [0.05, 0.1) is 72.2 Å². The van der Waals surface area contributed by atoms with E-state index in [4.69, 9.17) is 19.9 Å². The SMILES string of the molecule is CC(C)(C)OC(=O)N1CCC[C@@H]1[C@@H](O)[C@@H](N)Cc1cc(F)cc(F)c1.CCCCN1CC(C(=O)N[C@@H](Cc2cc(F)cc(F)c2)[C@H](O)[C@H]2CCCN2C(=O)OC(C)(C)C)[C@H](CC)C1=O.CCCCN1C[C@H](C(=O)N[C@@H](Cc2cc(F)cc(F)c2)[C@H](O)[C@H]2CCCN2C(=O)OC(C)(C)C)[C@@H](CC)C1=O. The van der Waals surface area contributed by atoms with E-state index in [0.29, 0.717) is 83.2 Å². The number of nitrogens with two attached hydrogens (primary N) is 1. The molecule has 21 nitrogen and oxygen atoms in total. The molecule has 0 radical (unpaired) electrons. The smallest absolute Gasteiger partial charge is 0.410 e. The highest BCUT2D eigenvalue weighted by molar-refractivity contribution is 5.92. The van der Waals surface area contributed by atoms with Crippen LogP contribution in [0, 0.1) is 58.6 Å². The molecule has 13 atom stereocenters. The van der Waals surface area contributed by atoms with Crippen molar-refractivity contribution in [3.63, 3.8) is 0 Å². The van der Waals surface area contributed by atoms with Crippen molar-refractivity contribution in [1.29, 1.82) is 0 Å². The number of likely N-dealkylation sites (tertiary alicyclic amines) is 5. The summed E-state index contributed by atoms with van der Waals surface area (Å²) in [5, 5.41) is 39.4. The van der Waals surface area contributed by atoms with Crippen molar-refractivity contribution < 1.29 is 89.4 Å². The van der Waals surface area contributed by atoms with Crippen molar-refractivity contribution >= 4 is 41.9 Å². The molecule has 0 bridgehead atoms. The Bertz CT molecular complexity index is 3130. The average Bonchev–Trinajstić information content (AvgIpc) is 1.71. The van der Waals surface area contributed by atoms with Crippen molar-refractivity contribution in [3.05, 3.63) is 106 Å². The van der Waals surface area contributed by atoms with Gasteiger partial charge in [-0.3, -0.25) is 19.2 Å². The lowest BCUT2D eigenvalue weighted by Crippen LogP contribution is -2.56. The van der Waals surface area contributed by atoms with Crippen molar-refractivity contribution in [2.75, 3.05) is 45.8 Å². The summed E-state index contributed by atoms with van der Waals surface area (Å²) in [5.41, 5.74) is 4.85. The van der Waals surface area contributed by atoms with E-state index < -0.39 is 160 Å². The number of amides is 7. The predicted molar refractivity (Wildman–Crippen MR) is 375 cm³/mol. The molecule has 576 valence electrons. The molecule has 8 rings (SSSR count). The van der Waals surface area contributed by atoms with Gasteiger partial charge in [-0.05, 0) is 199 Å². The Morgan fingerprint density at radius 3 is 1.03 bits per heavy atom. The first-order valence-electron chi connectivity index (χ1n) is 36.6. The molecular weight excluding hydrogens is 1350 g/mol. The van der Waals surface area contributed by atoms with Gasteiger partial charge in [-0.15, -0.1) is 0 Å². The third-order valence-electron chi connectivity index (χ3n) is 19.2. The average molecular weight is 1460 g/mol. The first kappa shape index (κ1) is 84.7. The van der Waals surface area contributed by atoms with E-state index in [9.17, 15) is 75.2 Å². The molecule has 7 N–H and O–H groups in total. The van der Waals surface area contributed by atoms with Crippen LogP contribution in [0.5, 0.6) is 0 Å². The fraction of sp³-hybridized carbons (Fsp3) is 0.671. The lowest BCUT2D eigenvalue weighted by Gasteiger charge is -2.35. The first-order valence-corrected chi connectivity index (χ1v) is 36.6. The maximum Gasteiger partial charge on any atom is 0.410 e. The van der Waals surface area contributed by atoms with Gasteiger partial charge in [-0.25, -0.2) is 40.7 Å². The lowest BCUT2D eigenvalue weighted by molar-refractivity contribution is -0.134. The number of ether oxygens (including phenoxy) is 3. The Kier molecular flexibility index (Phi) is 31.0. The third kappa shape index (κ3) is 24.7. The van der Waals surface area contributed by atoms with Gasteiger partial charge in [0.15, 0.2) is 0 Å². The van der Waals surface area contributed by atoms with Crippen LogP contribution in [0.25, 0.3) is 0 Å². The normalized spacial score (nSPS) is 22.5. The highest BCUT2D eigenvalue weighted by Crippen LogP contribution is 2.34. The number of benzene rings is 3. The fourth-order valence-electron chi connectivity index (χ4n) is 14.4. The van der Waals surface area contributed by atoms with E-state index in [2.05, 4.69) is 10.6 Å². The number of aliphatic hydroxyl groups excluding tert-OH is 3. The maximum absolute atomic E-state index is 14.0. The van der Waals surface area contributed by atoms with Crippen molar-refractivity contribution in [2.24, 2.45) is 29.4 Å². The minimum Gasteiger partial charge on any atom is -0.444 e. The summed E-state index contributed by atoms with van der Waals surface area (Å²) >= 11 is 0. The van der Waals surface area contributed by atoms with Gasteiger partial charge >= 0.3 is 18.3 Å². The summed E-state index contributed by atoms with van der Waals surface area (Å²) in [6.07, 6.45) is 2.98. The number of carbonyl (C=O) groups excluding carboxylic acids is 7. The van der Waals surface area contributed by atoms with Crippen LogP contribution in [0.3, 0.4) is 0 Å². The molecule has 5 aliphatic heterocycles. The van der Waals surface area contributed by atoms with E-state index in [-0.39, 0.29) is 55.3 Å². The molecular formula is C76H112F6N8O13. The second-order valence-corrected chi connectivity index (χ2v) is 31.0. The van der Waals surface area contributed by atoms with E-state index in [1.807, 2.05) is 27.7 Å². The molecule has 1 unspecified atom stereocenters. The number of carbonyl (C=O) groups is 7. The lowest BCUT2D eigenvalue weighted by atomic mass is 9.90. The maximum atomic E-state index is 14.0. The summed E-state index contributed by atoms with van der Waals surface area (Å²) in [4.78, 5) is 98.9. The van der Waals surface area contributed by atoms with Crippen molar-refractivity contribution in [2.45, 2.75) is 258 Å². The molecule has 0 saturated carbocycles. The van der Waals surface area contributed by atoms with E-state index in [0.717, 1.165) is 74.6 Å². The van der Waals surface area contributed by atoms with Gasteiger partial charge in [-0.1, -0.05) is 40.5 Å². The summed E-state index contributed by atoms with van der Waals surface area (Å²) in [7, 11) is 0. The number of unbranched alkanes of at least 4 members (excludes halogenated alkanes) is 2. The van der Waals surface area contributed by atoms with Crippen LogP contribution in [0.15, 0.2) is 54.6 Å². The molecule has 3 aromatic rings. The van der Waals surface area contributed by atoms with Crippen LogP contribution in [-0.2, 0) is 52.7 Å². The van der Waals surface area contributed by atoms with E-state index >= 15 is 0 Å². The second-order valence-electron chi connectivity index (χ2n) is 31.0. The van der Waals surface area contributed by atoms with Crippen LogP contribution < -0.4 is 16.4 Å². The molecule has 5 heterocycles.